The molecule has 0 radical (unpaired) electrons. The lowest BCUT2D eigenvalue weighted by molar-refractivity contribution is 0.557. The number of hydrogen-bond acceptors (Lipinski definition) is 5. The van der Waals surface area contributed by atoms with Gasteiger partial charge in [0, 0.05) is 24.6 Å². The van der Waals surface area contributed by atoms with E-state index in [1.54, 1.807) is 31.2 Å². The van der Waals surface area contributed by atoms with Gasteiger partial charge < -0.3 is 5.32 Å². The minimum atomic E-state index is -3.18. The molecule has 114 valence electrons. The summed E-state index contributed by atoms with van der Waals surface area (Å²) in [7, 11) is -6.17. The Morgan fingerprint density at radius 2 is 1.65 bits per heavy atom. The molecular weight excluding hydrogens is 298 g/mol. The summed E-state index contributed by atoms with van der Waals surface area (Å²) in [6, 6.07) is 6.42. The van der Waals surface area contributed by atoms with E-state index >= 15 is 0 Å². The highest BCUT2D eigenvalue weighted by Gasteiger charge is 2.13. The number of benzene rings is 1. The monoisotopic (exact) mass is 319 g/mol. The molecule has 0 saturated heterocycles. The Balaban J connectivity index is 2.59. The van der Waals surface area contributed by atoms with E-state index in [9.17, 15) is 16.8 Å². The smallest absolute Gasteiger partial charge is 0.175 e. The molecule has 0 heterocycles. The van der Waals surface area contributed by atoms with Crippen LogP contribution in [0.2, 0.25) is 0 Å². The number of rotatable bonds is 7. The summed E-state index contributed by atoms with van der Waals surface area (Å²) in [4.78, 5) is 0.280. The summed E-state index contributed by atoms with van der Waals surface area (Å²) >= 11 is 0. The van der Waals surface area contributed by atoms with Crippen molar-refractivity contribution in [1.29, 1.82) is 0 Å². The molecule has 1 atom stereocenters. The highest BCUT2D eigenvalue weighted by molar-refractivity contribution is 7.91. The Labute approximate surface area is 121 Å². The molecule has 0 aromatic heterocycles. The van der Waals surface area contributed by atoms with Gasteiger partial charge in [-0.25, -0.2) is 16.8 Å². The summed E-state index contributed by atoms with van der Waals surface area (Å²) in [5, 5.41) is 3.12. The zero-order valence-electron chi connectivity index (χ0n) is 12.0. The molecule has 0 spiro atoms. The van der Waals surface area contributed by atoms with Crippen LogP contribution >= 0.6 is 0 Å². The molecule has 7 heteroatoms. The molecule has 1 rings (SSSR count). The van der Waals surface area contributed by atoms with Crippen LogP contribution in [0.4, 0.5) is 0 Å². The number of hydrogen-bond donors (Lipinski definition) is 1. The predicted molar refractivity (Wildman–Crippen MR) is 80.2 cm³/mol. The van der Waals surface area contributed by atoms with Crippen LogP contribution in [0.15, 0.2) is 29.2 Å². The maximum absolute atomic E-state index is 11.5. The van der Waals surface area contributed by atoms with E-state index in [0.717, 1.165) is 11.8 Å². The Morgan fingerprint density at radius 1 is 1.10 bits per heavy atom. The first kappa shape index (κ1) is 17.1. The van der Waals surface area contributed by atoms with Gasteiger partial charge in [0.15, 0.2) is 19.7 Å². The van der Waals surface area contributed by atoms with Crippen molar-refractivity contribution in [2.24, 2.45) is 0 Å². The quantitative estimate of drug-likeness (QED) is 0.811. The maximum Gasteiger partial charge on any atom is 0.175 e. The van der Waals surface area contributed by atoms with Crippen molar-refractivity contribution < 1.29 is 16.8 Å². The highest BCUT2D eigenvalue weighted by atomic mass is 32.2. The largest absolute Gasteiger partial charge is 0.309 e. The topological polar surface area (TPSA) is 80.3 Å². The lowest BCUT2D eigenvalue weighted by Crippen LogP contribution is -2.33. The third-order valence-corrected chi connectivity index (χ3v) is 5.97. The second-order valence-corrected chi connectivity index (χ2v) is 9.31. The van der Waals surface area contributed by atoms with Crippen molar-refractivity contribution >= 4 is 19.7 Å². The Bertz CT molecular complexity index is 633. The van der Waals surface area contributed by atoms with E-state index in [-0.39, 0.29) is 22.4 Å². The lowest BCUT2D eigenvalue weighted by Gasteiger charge is -2.13. The molecule has 1 aromatic rings. The molecular formula is C13H21NO4S2. The van der Waals surface area contributed by atoms with Crippen LogP contribution in [-0.2, 0) is 26.2 Å². The van der Waals surface area contributed by atoms with Gasteiger partial charge in [-0.05, 0) is 24.6 Å². The summed E-state index contributed by atoms with van der Waals surface area (Å²) in [6.07, 6.45) is 1.16. The van der Waals surface area contributed by atoms with Crippen LogP contribution in [0.25, 0.3) is 0 Å². The number of nitrogens with one attached hydrogen (secondary N) is 1. The van der Waals surface area contributed by atoms with Crippen molar-refractivity contribution in [3.63, 3.8) is 0 Å². The van der Waals surface area contributed by atoms with Gasteiger partial charge >= 0.3 is 0 Å². The predicted octanol–water partition coefficient (Wildman–Crippen LogP) is 1.00. The van der Waals surface area contributed by atoms with Crippen LogP contribution in [0.3, 0.4) is 0 Å². The van der Waals surface area contributed by atoms with E-state index in [2.05, 4.69) is 5.32 Å². The van der Waals surface area contributed by atoms with E-state index in [1.807, 2.05) is 6.92 Å². The minimum absolute atomic E-state index is 0.102. The third-order valence-electron chi connectivity index (χ3n) is 2.95. The molecule has 0 aliphatic carbocycles. The summed E-state index contributed by atoms with van der Waals surface area (Å²) < 4.78 is 45.6. The van der Waals surface area contributed by atoms with Gasteiger partial charge in [-0.3, -0.25) is 0 Å². The molecule has 1 N–H and O–H groups in total. The molecule has 0 amide bonds. The highest BCUT2D eigenvalue weighted by Crippen LogP contribution is 2.10. The zero-order chi connectivity index (χ0) is 15.4. The normalized spacial score (nSPS) is 14.2. The molecule has 0 aliphatic heterocycles. The van der Waals surface area contributed by atoms with Crippen molar-refractivity contribution in [1.82, 2.24) is 5.32 Å². The van der Waals surface area contributed by atoms with Gasteiger partial charge in [0.25, 0.3) is 0 Å². The molecule has 20 heavy (non-hydrogen) atoms. The van der Waals surface area contributed by atoms with Gasteiger partial charge in [-0.1, -0.05) is 19.1 Å². The summed E-state index contributed by atoms with van der Waals surface area (Å²) in [6.45, 7) is 3.95. The standard InChI is InChI=1S/C13H21NO4S2/c1-4-20(17,18)10-11(2)14-9-12-5-7-13(8-6-12)19(3,15)16/h5-8,11,14H,4,9-10H2,1-3H3. The minimum Gasteiger partial charge on any atom is -0.309 e. The van der Waals surface area contributed by atoms with Crippen molar-refractivity contribution in [2.75, 3.05) is 17.8 Å². The second kappa shape index (κ2) is 6.69. The molecule has 1 unspecified atom stereocenters. The zero-order valence-corrected chi connectivity index (χ0v) is 13.6. The fraction of sp³-hybridized carbons (Fsp3) is 0.538. The fourth-order valence-electron chi connectivity index (χ4n) is 1.70. The average Bonchev–Trinajstić information content (AvgIpc) is 2.35. The SMILES string of the molecule is CCS(=O)(=O)CC(C)NCc1ccc(S(C)(=O)=O)cc1. The van der Waals surface area contributed by atoms with Gasteiger partial charge in [0.2, 0.25) is 0 Å². The Kier molecular flexibility index (Phi) is 5.73. The van der Waals surface area contributed by atoms with Crippen LogP contribution < -0.4 is 5.32 Å². The van der Waals surface area contributed by atoms with E-state index in [4.69, 9.17) is 0 Å². The molecule has 0 aliphatic rings. The van der Waals surface area contributed by atoms with E-state index in [0.29, 0.717) is 6.54 Å². The van der Waals surface area contributed by atoms with E-state index in [1.165, 1.54) is 0 Å². The van der Waals surface area contributed by atoms with Crippen molar-refractivity contribution in [3.05, 3.63) is 29.8 Å². The van der Waals surface area contributed by atoms with Gasteiger partial charge in [-0.15, -0.1) is 0 Å². The van der Waals surface area contributed by atoms with Crippen LogP contribution in [0, 0.1) is 0 Å². The first-order valence-electron chi connectivity index (χ1n) is 6.37. The van der Waals surface area contributed by atoms with Crippen LogP contribution in [-0.4, -0.2) is 40.6 Å². The fourth-order valence-corrected chi connectivity index (χ4v) is 3.45. The summed E-state index contributed by atoms with van der Waals surface area (Å²) in [5.74, 6) is 0.243. The van der Waals surface area contributed by atoms with Gasteiger partial charge in [0.05, 0.1) is 10.6 Å². The molecule has 1 aromatic carbocycles. The molecule has 5 nitrogen and oxygen atoms in total. The Morgan fingerprint density at radius 3 is 2.10 bits per heavy atom. The average molecular weight is 319 g/mol. The van der Waals surface area contributed by atoms with Crippen LogP contribution in [0.5, 0.6) is 0 Å². The van der Waals surface area contributed by atoms with Gasteiger partial charge in [0.1, 0.15) is 0 Å². The van der Waals surface area contributed by atoms with Crippen LogP contribution in [0.1, 0.15) is 19.4 Å². The number of sulfone groups is 2. The van der Waals surface area contributed by atoms with E-state index < -0.39 is 19.7 Å². The molecule has 0 saturated carbocycles. The maximum atomic E-state index is 11.5. The summed E-state index contributed by atoms with van der Waals surface area (Å²) in [5.41, 5.74) is 0.915. The second-order valence-electron chi connectivity index (χ2n) is 4.90. The first-order valence-corrected chi connectivity index (χ1v) is 10.1. The first-order chi connectivity index (χ1) is 9.14. The van der Waals surface area contributed by atoms with Crippen molar-refractivity contribution in [2.45, 2.75) is 31.3 Å². The van der Waals surface area contributed by atoms with Crippen molar-refractivity contribution in [3.8, 4) is 0 Å². The Hall–Kier alpha value is -0.920. The van der Waals surface area contributed by atoms with Gasteiger partial charge in [-0.2, -0.15) is 0 Å². The third kappa shape index (κ3) is 5.60. The lowest BCUT2D eigenvalue weighted by atomic mass is 10.2. The molecule has 0 fully saturated rings. The molecule has 0 bridgehead atoms.